The largest absolute Gasteiger partial charge is 0.309 e. The van der Waals surface area contributed by atoms with Gasteiger partial charge >= 0.3 is 0 Å². The van der Waals surface area contributed by atoms with Gasteiger partial charge in [0.2, 0.25) is 0 Å². The Morgan fingerprint density at radius 2 is 2.20 bits per heavy atom. The molecule has 1 atom stereocenters. The molecule has 1 aromatic heterocycles. The molecule has 0 saturated carbocycles. The second kappa shape index (κ2) is 5.82. The van der Waals surface area contributed by atoms with E-state index in [9.17, 15) is 4.79 Å². The summed E-state index contributed by atoms with van der Waals surface area (Å²) in [5.41, 5.74) is 1.98. The Kier molecular flexibility index (Phi) is 4.08. The van der Waals surface area contributed by atoms with Crippen molar-refractivity contribution >= 4 is 34.4 Å². The van der Waals surface area contributed by atoms with E-state index in [4.69, 9.17) is 0 Å². The third-order valence-corrected chi connectivity index (χ3v) is 6.30. The van der Waals surface area contributed by atoms with Gasteiger partial charge in [0.05, 0.1) is 16.2 Å². The van der Waals surface area contributed by atoms with Crippen LogP contribution in [0.5, 0.6) is 0 Å². The minimum atomic E-state index is -0.0105. The second-order valence-electron chi connectivity index (χ2n) is 5.32. The summed E-state index contributed by atoms with van der Waals surface area (Å²) in [6.07, 6.45) is 0. The lowest BCUT2D eigenvalue weighted by Gasteiger charge is -2.20. The number of fused-ring (bicyclic) bond motifs is 1. The molecule has 1 N–H and O–H groups in total. The molecule has 0 amide bonds. The first-order valence-corrected chi connectivity index (χ1v) is 9.08. The number of aromatic nitrogens is 2. The highest BCUT2D eigenvalue weighted by Crippen LogP contribution is 2.35. The molecule has 0 spiro atoms. The Hall–Kier alpha value is -0.940. The van der Waals surface area contributed by atoms with Gasteiger partial charge in [0, 0.05) is 17.3 Å². The summed E-state index contributed by atoms with van der Waals surface area (Å²) >= 11 is 3.82. The van der Waals surface area contributed by atoms with Crippen LogP contribution in [0.25, 0.3) is 10.9 Å². The predicted octanol–water partition coefficient (Wildman–Crippen LogP) is 3.57. The van der Waals surface area contributed by atoms with E-state index in [1.807, 2.05) is 35.7 Å². The lowest BCUT2D eigenvalue weighted by Crippen LogP contribution is -2.17. The van der Waals surface area contributed by atoms with E-state index in [-0.39, 0.29) is 5.56 Å². The zero-order valence-electron chi connectivity index (χ0n) is 11.7. The van der Waals surface area contributed by atoms with Crippen LogP contribution in [0.4, 0.5) is 0 Å². The third-order valence-electron chi connectivity index (χ3n) is 3.54. The van der Waals surface area contributed by atoms with Gasteiger partial charge in [0.25, 0.3) is 5.56 Å². The quantitative estimate of drug-likeness (QED) is 0.921. The van der Waals surface area contributed by atoms with E-state index in [0.717, 1.165) is 22.8 Å². The number of hydrogen-bond donors (Lipinski definition) is 1. The molecule has 0 unspecified atom stereocenters. The van der Waals surface area contributed by atoms with Crippen molar-refractivity contribution in [2.75, 3.05) is 17.3 Å². The molecule has 1 saturated heterocycles. The normalized spacial score (nSPS) is 19.6. The molecule has 1 aliphatic rings. The highest BCUT2D eigenvalue weighted by molar-refractivity contribution is 8.06. The van der Waals surface area contributed by atoms with Gasteiger partial charge in [-0.25, -0.2) is 4.98 Å². The van der Waals surface area contributed by atoms with Crippen molar-refractivity contribution < 1.29 is 0 Å². The molecule has 1 aromatic carbocycles. The Morgan fingerprint density at radius 1 is 1.35 bits per heavy atom. The number of nitrogens with one attached hydrogen (secondary N) is 1. The molecule has 106 valence electrons. The minimum absolute atomic E-state index is 0.0105. The number of rotatable bonds is 2. The van der Waals surface area contributed by atoms with Crippen molar-refractivity contribution in [2.24, 2.45) is 0 Å². The molecule has 3 rings (SSSR count). The van der Waals surface area contributed by atoms with Crippen molar-refractivity contribution in [1.82, 2.24) is 9.97 Å². The van der Waals surface area contributed by atoms with Gasteiger partial charge in [-0.05, 0) is 23.6 Å². The summed E-state index contributed by atoms with van der Waals surface area (Å²) in [5.74, 6) is 4.60. The summed E-state index contributed by atoms with van der Waals surface area (Å²) in [5, 5.41) is 1.02. The summed E-state index contributed by atoms with van der Waals surface area (Å²) < 4.78 is 0. The van der Waals surface area contributed by atoms with Gasteiger partial charge < -0.3 is 4.98 Å². The van der Waals surface area contributed by atoms with Crippen LogP contribution in [0, 0.1) is 0 Å². The van der Waals surface area contributed by atoms with Gasteiger partial charge in [-0.2, -0.15) is 11.8 Å². The summed E-state index contributed by atoms with van der Waals surface area (Å²) in [7, 11) is 0. The molecule has 0 radical (unpaired) electrons. The fraction of sp³-hybridized carbons (Fsp3) is 0.467. The predicted molar refractivity (Wildman–Crippen MR) is 89.0 cm³/mol. The maximum absolute atomic E-state index is 12.3. The van der Waals surface area contributed by atoms with E-state index >= 15 is 0 Å². The molecule has 2 heterocycles. The number of aromatic amines is 1. The van der Waals surface area contributed by atoms with Crippen LogP contribution in [-0.2, 0) is 0 Å². The topological polar surface area (TPSA) is 45.8 Å². The number of thioether (sulfide) groups is 2. The fourth-order valence-electron chi connectivity index (χ4n) is 2.33. The third kappa shape index (κ3) is 2.74. The lowest BCUT2D eigenvalue weighted by molar-refractivity contribution is 0.866. The van der Waals surface area contributed by atoms with Crippen LogP contribution in [0.1, 0.15) is 36.4 Å². The Bertz CT molecular complexity index is 675. The first-order valence-electron chi connectivity index (χ1n) is 6.88. The van der Waals surface area contributed by atoms with Crippen LogP contribution in [0.15, 0.2) is 23.0 Å². The van der Waals surface area contributed by atoms with Crippen molar-refractivity contribution in [3.8, 4) is 0 Å². The number of H-pyrrole nitrogens is 1. The zero-order chi connectivity index (χ0) is 14.1. The van der Waals surface area contributed by atoms with Gasteiger partial charge in [-0.3, -0.25) is 4.79 Å². The molecule has 20 heavy (non-hydrogen) atoms. The summed E-state index contributed by atoms with van der Waals surface area (Å²) in [6.45, 7) is 4.26. The molecule has 3 nitrogen and oxygen atoms in total. The molecule has 2 aromatic rings. The Balaban J connectivity index is 2.05. The molecule has 0 bridgehead atoms. The molecule has 1 fully saturated rings. The minimum Gasteiger partial charge on any atom is -0.309 e. The molecular weight excluding hydrogens is 288 g/mol. The van der Waals surface area contributed by atoms with Gasteiger partial charge in [0.1, 0.15) is 5.82 Å². The Morgan fingerprint density at radius 3 is 2.90 bits per heavy atom. The molecular formula is C15H18N2OS2. The molecule has 5 heteroatoms. The first kappa shape index (κ1) is 14.0. The average Bonchev–Trinajstić information content (AvgIpc) is 2.47. The van der Waals surface area contributed by atoms with E-state index < -0.39 is 0 Å². The Labute approximate surface area is 127 Å². The second-order valence-corrected chi connectivity index (χ2v) is 7.78. The van der Waals surface area contributed by atoms with E-state index in [2.05, 4.69) is 29.9 Å². The van der Waals surface area contributed by atoms with Crippen LogP contribution in [0.2, 0.25) is 0 Å². The van der Waals surface area contributed by atoms with Crippen LogP contribution >= 0.6 is 23.5 Å². The maximum atomic E-state index is 12.3. The van der Waals surface area contributed by atoms with Crippen molar-refractivity contribution in [2.45, 2.75) is 25.0 Å². The first-order chi connectivity index (χ1) is 9.65. The van der Waals surface area contributed by atoms with Crippen LogP contribution < -0.4 is 5.56 Å². The van der Waals surface area contributed by atoms with Gasteiger partial charge in [0.15, 0.2) is 0 Å². The van der Waals surface area contributed by atoms with Gasteiger partial charge in [-0.15, -0.1) is 11.8 Å². The molecule has 1 aliphatic heterocycles. The number of nitrogens with zero attached hydrogens (tertiary/aromatic N) is 1. The monoisotopic (exact) mass is 306 g/mol. The highest BCUT2D eigenvalue weighted by Gasteiger charge is 2.19. The van der Waals surface area contributed by atoms with Crippen molar-refractivity contribution in [3.63, 3.8) is 0 Å². The smallest absolute Gasteiger partial charge is 0.258 e. The van der Waals surface area contributed by atoms with Crippen LogP contribution in [0.3, 0.4) is 0 Å². The maximum Gasteiger partial charge on any atom is 0.258 e. The number of benzene rings is 1. The van der Waals surface area contributed by atoms with Gasteiger partial charge in [-0.1, -0.05) is 19.9 Å². The summed E-state index contributed by atoms with van der Waals surface area (Å²) in [6, 6.07) is 6.02. The SMILES string of the molecule is CC(C)c1ccc2nc([C@@H]3CSCCS3)[nH]c(=O)c2c1. The lowest BCUT2D eigenvalue weighted by atomic mass is 10.0. The zero-order valence-corrected chi connectivity index (χ0v) is 13.3. The van der Waals surface area contributed by atoms with E-state index in [0.29, 0.717) is 16.6 Å². The standard InChI is InChI=1S/C15H18N2OS2/c1-9(2)10-3-4-12-11(7-10)15(18)17-14(16-12)13-8-19-5-6-20-13/h3-4,7,9,13H,5-6,8H2,1-2H3,(H,16,17,18)/t13-/m0/s1. The van der Waals surface area contributed by atoms with E-state index in [1.165, 1.54) is 11.3 Å². The summed E-state index contributed by atoms with van der Waals surface area (Å²) in [4.78, 5) is 20.0. The van der Waals surface area contributed by atoms with E-state index in [1.54, 1.807) is 0 Å². The van der Waals surface area contributed by atoms with Crippen LogP contribution in [-0.4, -0.2) is 27.2 Å². The molecule has 0 aliphatic carbocycles. The average molecular weight is 306 g/mol. The number of hydrogen-bond acceptors (Lipinski definition) is 4. The fourth-order valence-corrected chi connectivity index (χ4v) is 4.95. The van der Waals surface area contributed by atoms with Crippen molar-refractivity contribution in [1.29, 1.82) is 0 Å². The highest BCUT2D eigenvalue weighted by atomic mass is 32.2. The van der Waals surface area contributed by atoms with Crippen molar-refractivity contribution in [3.05, 3.63) is 39.9 Å².